The monoisotopic (exact) mass is 367 g/mol. The Morgan fingerprint density at radius 1 is 1.04 bits per heavy atom. The molecule has 0 heterocycles. The van der Waals surface area contributed by atoms with Crippen LogP contribution in [-0.2, 0) is 4.79 Å². The van der Waals surface area contributed by atoms with E-state index in [-0.39, 0.29) is 6.54 Å². The van der Waals surface area contributed by atoms with Crippen molar-refractivity contribution < 1.29 is 19.1 Å². The molecule has 0 radical (unpaired) electrons. The van der Waals surface area contributed by atoms with Gasteiger partial charge in [0, 0.05) is 11.8 Å². The van der Waals surface area contributed by atoms with Crippen molar-refractivity contribution in [3.8, 4) is 11.5 Å². The fourth-order valence-electron chi connectivity index (χ4n) is 2.15. The minimum atomic E-state index is -0.437. The molecule has 27 heavy (non-hydrogen) atoms. The van der Waals surface area contributed by atoms with Crippen LogP contribution in [0.25, 0.3) is 6.08 Å². The van der Waals surface area contributed by atoms with Gasteiger partial charge in [-0.3, -0.25) is 9.59 Å². The molecule has 2 amide bonds. The van der Waals surface area contributed by atoms with Crippen molar-refractivity contribution in [3.63, 3.8) is 0 Å². The molecule has 0 spiro atoms. The highest BCUT2D eigenvalue weighted by Crippen LogP contribution is 2.27. The number of hydrogen-bond acceptors (Lipinski definition) is 5. The normalized spacial score (nSPS) is 10.7. The molecule has 2 aromatic carbocycles. The van der Waals surface area contributed by atoms with Crippen LogP contribution < -0.4 is 20.2 Å². The van der Waals surface area contributed by atoms with E-state index in [0.29, 0.717) is 17.1 Å². The molecule has 0 saturated heterocycles. The third-order valence-corrected chi connectivity index (χ3v) is 3.49. The van der Waals surface area contributed by atoms with Gasteiger partial charge in [0.15, 0.2) is 11.5 Å². The SMILES string of the molecule is COc1ccc(C(=O)NCC(=O)N/N=C\C=C\c2ccccc2)cc1OC. The Labute approximate surface area is 157 Å². The maximum absolute atomic E-state index is 12.1. The van der Waals surface area contributed by atoms with Gasteiger partial charge < -0.3 is 14.8 Å². The molecule has 0 atom stereocenters. The topological polar surface area (TPSA) is 89.0 Å². The second-order valence-corrected chi connectivity index (χ2v) is 5.34. The van der Waals surface area contributed by atoms with Crippen molar-refractivity contribution in [1.82, 2.24) is 10.7 Å². The summed E-state index contributed by atoms with van der Waals surface area (Å²) >= 11 is 0. The van der Waals surface area contributed by atoms with Crippen molar-refractivity contribution in [2.24, 2.45) is 5.10 Å². The largest absolute Gasteiger partial charge is 0.493 e. The van der Waals surface area contributed by atoms with Gasteiger partial charge >= 0.3 is 0 Å². The molecule has 0 aliphatic carbocycles. The highest BCUT2D eigenvalue weighted by molar-refractivity contribution is 5.97. The summed E-state index contributed by atoms with van der Waals surface area (Å²) < 4.78 is 10.3. The molecule has 0 aromatic heterocycles. The predicted molar refractivity (Wildman–Crippen MR) is 104 cm³/mol. The minimum Gasteiger partial charge on any atom is -0.493 e. The zero-order chi connectivity index (χ0) is 19.5. The Morgan fingerprint density at radius 2 is 1.78 bits per heavy atom. The van der Waals surface area contributed by atoms with Gasteiger partial charge in [-0.05, 0) is 29.8 Å². The molecule has 7 nitrogen and oxygen atoms in total. The van der Waals surface area contributed by atoms with Crippen LogP contribution in [0.15, 0.2) is 59.7 Å². The molecule has 0 bridgehead atoms. The van der Waals surface area contributed by atoms with Gasteiger partial charge in [-0.25, -0.2) is 5.43 Å². The van der Waals surface area contributed by atoms with Gasteiger partial charge in [0.25, 0.3) is 11.8 Å². The van der Waals surface area contributed by atoms with Gasteiger partial charge in [-0.1, -0.05) is 36.4 Å². The number of rotatable bonds is 8. The van der Waals surface area contributed by atoms with E-state index in [2.05, 4.69) is 15.8 Å². The fraction of sp³-hybridized carbons (Fsp3) is 0.150. The average molecular weight is 367 g/mol. The summed E-state index contributed by atoms with van der Waals surface area (Å²) in [6.45, 7) is -0.201. The lowest BCUT2D eigenvalue weighted by atomic mass is 10.2. The van der Waals surface area contributed by atoms with Crippen molar-refractivity contribution in [2.75, 3.05) is 20.8 Å². The molecule has 2 aromatic rings. The number of nitrogens with zero attached hydrogens (tertiary/aromatic N) is 1. The number of hydrogen-bond donors (Lipinski definition) is 2. The average Bonchev–Trinajstić information content (AvgIpc) is 2.71. The molecule has 0 unspecified atom stereocenters. The number of allylic oxidation sites excluding steroid dienone is 1. The van der Waals surface area contributed by atoms with Gasteiger partial charge in [0.1, 0.15) is 0 Å². The van der Waals surface area contributed by atoms with Crippen LogP contribution in [0, 0.1) is 0 Å². The number of methoxy groups -OCH3 is 2. The van der Waals surface area contributed by atoms with Gasteiger partial charge in [-0.15, -0.1) is 0 Å². The molecule has 2 N–H and O–H groups in total. The quantitative estimate of drug-likeness (QED) is 0.553. The second kappa shape index (κ2) is 10.4. The summed E-state index contributed by atoms with van der Waals surface area (Å²) in [4.78, 5) is 23.8. The number of ether oxygens (including phenoxy) is 2. The van der Waals surface area contributed by atoms with E-state index in [0.717, 1.165) is 5.56 Å². The zero-order valence-corrected chi connectivity index (χ0v) is 15.1. The summed E-state index contributed by atoms with van der Waals surface area (Å²) in [5.41, 5.74) is 3.72. The van der Waals surface area contributed by atoms with E-state index in [4.69, 9.17) is 9.47 Å². The smallest absolute Gasteiger partial charge is 0.259 e. The van der Waals surface area contributed by atoms with Crippen LogP contribution in [0.4, 0.5) is 0 Å². The molecule has 0 saturated carbocycles. The summed E-state index contributed by atoms with van der Waals surface area (Å²) in [7, 11) is 2.99. The van der Waals surface area contributed by atoms with E-state index in [1.165, 1.54) is 20.4 Å². The van der Waals surface area contributed by atoms with E-state index >= 15 is 0 Å². The van der Waals surface area contributed by atoms with Gasteiger partial charge in [0.05, 0.1) is 20.8 Å². The van der Waals surface area contributed by atoms with Crippen molar-refractivity contribution >= 4 is 24.1 Å². The Hall–Kier alpha value is -3.61. The lowest BCUT2D eigenvalue weighted by Gasteiger charge is -2.09. The zero-order valence-electron chi connectivity index (χ0n) is 15.1. The lowest BCUT2D eigenvalue weighted by Crippen LogP contribution is -2.34. The lowest BCUT2D eigenvalue weighted by molar-refractivity contribution is -0.120. The highest BCUT2D eigenvalue weighted by Gasteiger charge is 2.11. The molecular weight excluding hydrogens is 346 g/mol. The summed E-state index contributed by atoms with van der Waals surface area (Å²) in [5, 5.41) is 6.30. The van der Waals surface area contributed by atoms with Crippen LogP contribution in [0.2, 0.25) is 0 Å². The summed E-state index contributed by atoms with van der Waals surface area (Å²) in [6, 6.07) is 14.4. The van der Waals surface area contributed by atoms with Crippen LogP contribution in [0.1, 0.15) is 15.9 Å². The first-order valence-corrected chi connectivity index (χ1v) is 8.18. The number of nitrogens with one attached hydrogen (secondary N) is 2. The molecule has 7 heteroatoms. The van der Waals surface area contributed by atoms with Crippen LogP contribution in [-0.4, -0.2) is 38.8 Å². The van der Waals surface area contributed by atoms with Crippen molar-refractivity contribution in [1.29, 1.82) is 0 Å². The first-order chi connectivity index (χ1) is 13.1. The van der Waals surface area contributed by atoms with Crippen molar-refractivity contribution in [2.45, 2.75) is 0 Å². The Kier molecular flexibility index (Phi) is 7.59. The summed E-state index contributed by atoms with van der Waals surface area (Å²) in [6.07, 6.45) is 5.02. The Morgan fingerprint density at radius 3 is 2.48 bits per heavy atom. The third-order valence-electron chi connectivity index (χ3n) is 3.49. The number of amides is 2. The highest BCUT2D eigenvalue weighted by atomic mass is 16.5. The Balaban J connectivity index is 1.78. The van der Waals surface area contributed by atoms with Gasteiger partial charge in [0.2, 0.25) is 0 Å². The van der Waals surface area contributed by atoms with Crippen LogP contribution >= 0.6 is 0 Å². The standard InChI is InChI=1S/C20H21N3O4/c1-26-17-11-10-16(13-18(17)27-2)20(25)21-14-19(24)23-22-12-6-9-15-7-4-3-5-8-15/h3-13H,14H2,1-2H3,(H,21,25)(H,23,24)/b9-6+,22-12-. The Bertz CT molecular complexity index is 832. The number of hydrazone groups is 1. The van der Waals surface area contributed by atoms with E-state index in [9.17, 15) is 9.59 Å². The molecule has 0 aliphatic heterocycles. The molecule has 0 fully saturated rings. The number of carbonyl (C=O) groups is 2. The number of benzene rings is 2. The molecule has 0 aliphatic rings. The fourth-order valence-corrected chi connectivity index (χ4v) is 2.15. The first-order valence-electron chi connectivity index (χ1n) is 8.18. The maximum atomic E-state index is 12.1. The minimum absolute atomic E-state index is 0.201. The number of carbonyl (C=O) groups excluding carboxylic acids is 2. The molecule has 140 valence electrons. The molecule has 2 rings (SSSR count). The third kappa shape index (κ3) is 6.32. The van der Waals surface area contributed by atoms with E-state index in [1.807, 2.05) is 36.4 Å². The van der Waals surface area contributed by atoms with Crippen molar-refractivity contribution in [3.05, 3.63) is 65.7 Å². The van der Waals surface area contributed by atoms with Gasteiger partial charge in [-0.2, -0.15) is 5.10 Å². The maximum Gasteiger partial charge on any atom is 0.259 e. The second-order valence-electron chi connectivity index (χ2n) is 5.34. The predicted octanol–water partition coefficient (Wildman–Crippen LogP) is 2.25. The molecular formula is C20H21N3O4. The van der Waals surface area contributed by atoms with Crippen LogP contribution in [0.5, 0.6) is 11.5 Å². The summed E-state index contributed by atoms with van der Waals surface area (Å²) in [5.74, 6) is 0.112. The van der Waals surface area contributed by atoms with E-state index < -0.39 is 11.8 Å². The van der Waals surface area contributed by atoms with E-state index in [1.54, 1.807) is 24.3 Å². The van der Waals surface area contributed by atoms with Crippen LogP contribution in [0.3, 0.4) is 0 Å². The first kappa shape index (κ1) is 19.7.